The molecule has 0 saturated heterocycles. The lowest BCUT2D eigenvalue weighted by Gasteiger charge is -2.07. The highest BCUT2D eigenvalue weighted by Gasteiger charge is 2.23. The summed E-state index contributed by atoms with van der Waals surface area (Å²) in [6.07, 6.45) is 0. The van der Waals surface area contributed by atoms with E-state index in [4.69, 9.17) is 0 Å². The van der Waals surface area contributed by atoms with E-state index in [1.54, 1.807) is 0 Å². The predicted octanol–water partition coefficient (Wildman–Crippen LogP) is 3.16. The van der Waals surface area contributed by atoms with Gasteiger partial charge < -0.3 is 4.74 Å². The van der Waals surface area contributed by atoms with Crippen molar-refractivity contribution in [2.45, 2.75) is 13.5 Å². The molecule has 8 heteroatoms. The fourth-order valence-corrected chi connectivity index (χ4v) is 1.78. The molecule has 0 N–H and O–H groups in total. The summed E-state index contributed by atoms with van der Waals surface area (Å²) in [7, 11) is 0. The van der Waals surface area contributed by atoms with Crippen molar-refractivity contribution in [3.05, 3.63) is 32.3 Å². The Morgan fingerprint density at radius 1 is 1.53 bits per heavy atom. The van der Waals surface area contributed by atoms with Crippen LogP contribution in [0.4, 0.5) is 14.5 Å². The zero-order chi connectivity index (χ0) is 13.2. The maximum atomic E-state index is 12.0. The van der Waals surface area contributed by atoms with Crippen molar-refractivity contribution in [3.8, 4) is 5.75 Å². The topological polar surface area (TPSA) is 69.4 Å². The highest BCUT2D eigenvalue weighted by molar-refractivity contribution is 9.10. The van der Waals surface area contributed by atoms with Gasteiger partial charge in [-0.2, -0.15) is 8.78 Å². The van der Waals surface area contributed by atoms with Gasteiger partial charge in [0.25, 0.3) is 5.69 Å². The van der Waals surface area contributed by atoms with E-state index in [1.807, 2.05) is 0 Å². The Balaban J connectivity index is 3.36. The third kappa shape index (κ3) is 3.19. The number of nitrogens with zero attached hydrogens (tertiary/aromatic N) is 1. The fraction of sp³-hybridized carbons (Fsp3) is 0.222. The summed E-state index contributed by atoms with van der Waals surface area (Å²) in [6, 6.07) is 1.92. The first-order valence-corrected chi connectivity index (χ1v) is 5.06. The monoisotopic (exact) mass is 309 g/mol. The molecule has 0 spiro atoms. The van der Waals surface area contributed by atoms with Gasteiger partial charge in [-0.25, -0.2) is 0 Å². The van der Waals surface area contributed by atoms with Crippen LogP contribution in [0, 0.1) is 10.1 Å². The van der Waals surface area contributed by atoms with E-state index in [1.165, 1.54) is 0 Å². The second-order valence-corrected chi connectivity index (χ2v) is 3.85. The number of benzene rings is 1. The normalized spacial score (nSPS) is 10.4. The zero-order valence-corrected chi connectivity index (χ0v) is 10.0. The number of carbonyl (C=O) groups is 1. The molecule has 0 bridgehead atoms. The van der Waals surface area contributed by atoms with Gasteiger partial charge in [0.2, 0.25) is 0 Å². The van der Waals surface area contributed by atoms with Crippen LogP contribution in [0.5, 0.6) is 5.75 Å². The van der Waals surface area contributed by atoms with Crippen LogP contribution in [0.1, 0.15) is 17.3 Å². The highest BCUT2D eigenvalue weighted by Crippen LogP contribution is 2.34. The first-order valence-electron chi connectivity index (χ1n) is 4.26. The molecule has 0 radical (unpaired) electrons. The number of rotatable bonds is 4. The molecule has 0 aliphatic heterocycles. The van der Waals surface area contributed by atoms with Crippen molar-refractivity contribution in [1.29, 1.82) is 0 Å². The van der Waals surface area contributed by atoms with Gasteiger partial charge >= 0.3 is 6.61 Å². The highest BCUT2D eigenvalue weighted by atomic mass is 79.9. The molecular weight excluding hydrogens is 304 g/mol. The van der Waals surface area contributed by atoms with Gasteiger partial charge in [0, 0.05) is 6.07 Å². The van der Waals surface area contributed by atoms with E-state index in [-0.39, 0.29) is 15.8 Å². The number of Topliss-reactive ketones (excluding diaryl/α,β-unsaturated/α-hetero) is 1. The molecular formula is C9H6BrF2NO4. The molecule has 1 aromatic rings. The Morgan fingerprint density at radius 2 is 2.12 bits per heavy atom. The molecule has 0 heterocycles. The molecule has 0 aromatic heterocycles. The number of nitro groups is 1. The van der Waals surface area contributed by atoms with Crippen LogP contribution in [0.3, 0.4) is 0 Å². The van der Waals surface area contributed by atoms with Crippen LogP contribution in [0.25, 0.3) is 0 Å². The van der Waals surface area contributed by atoms with Crippen LogP contribution in [0.2, 0.25) is 0 Å². The average Bonchev–Trinajstić information content (AvgIpc) is 2.14. The molecule has 0 aliphatic carbocycles. The minimum atomic E-state index is -3.07. The van der Waals surface area contributed by atoms with E-state index in [9.17, 15) is 23.7 Å². The van der Waals surface area contributed by atoms with Crippen LogP contribution in [-0.2, 0) is 0 Å². The van der Waals surface area contributed by atoms with Gasteiger partial charge in [-0.05, 0) is 28.9 Å². The van der Waals surface area contributed by atoms with E-state index in [0.717, 1.165) is 19.1 Å². The lowest BCUT2D eigenvalue weighted by molar-refractivity contribution is -0.385. The SMILES string of the molecule is CC(=O)c1cc(OC(F)F)cc(Br)c1[N+](=O)[O-]. The van der Waals surface area contributed by atoms with Gasteiger partial charge in [-0.1, -0.05) is 0 Å². The Hall–Kier alpha value is -1.57. The molecule has 0 atom stereocenters. The molecule has 1 rings (SSSR count). The molecule has 0 unspecified atom stereocenters. The Bertz CT molecular complexity index is 478. The molecule has 0 amide bonds. The third-order valence-electron chi connectivity index (χ3n) is 1.82. The average molecular weight is 310 g/mol. The van der Waals surface area contributed by atoms with Crippen LogP contribution >= 0.6 is 15.9 Å². The summed E-state index contributed by atoms with van der Waals surface area (Å²) >= 11 is 2.84. The van der Waals surface area contributed by atoms with E-state index in [0.29, 0.717) is 0 Å². The van der Waals surface area contributed by atoms with Crippen molar-refractivity contribution in [3.63, 3.8) is 0 Å². The molecule has 17 heavy (non-hydrogen) atoms. The van der Waals surface area contributed by atoms with Crippen molar-refractivity contribution in [1.82, 2.24) is 0 Å². The zero-order valence-electron chi connectivity index (χ0n) is 8.45. The third-order valence-corrected chi connectivity index (χ3v) is 2.43. The van der Waals surface area contributed by atoms with Gasteiger partial charge in [0.1, 0.15) is 5.75 Å². The molecule has 92 valence electrons. The lowest BCUT2D eigenvalue weighted by Crippen LogP contribution is -2.06. The maximum absolute atomic E-state index is 12.0. The fourth-order valence-electron chi connectivity index (χ4n) is 1.20. The minimum absolute atomic E-state index is 0.0918. The number of hydrogen-bond acceptors (Lipinski definition) is 4. The molecule has 1 aromatic carbocycles. The maximum Gasteiger partial charge on any atom is 0.387 e. The number of halogens is 3. The molecule has 0 aliphatic rings. The first-order chi connectivity index (χ1) is 7.82. The number of nitro benzene ring substituents is 1. The predicted molar refractivity (Wildman–Crippen MR) is 57.4 cm³/mol. The van der Waals surface area contributed by atoms with Crippen molar-refractivity contribution in [2.24, 2.45) is 0 Å². The van der Waals surface area contributed by atoms with Crippen LogP contribution in [-0.4, -0.2) is 17.3 Å². The largest absolute Gasteiger partial charge is 0.435 e. The number of ketones is 1. The number of alkyl halides is 2. The Kier molecular flexibility index (Phi) is 4.11. The summed E-state index contributed by atoms with van der Waals surface area (Å²) in [6.45, 7) is -1.97. The van der Waals surface area contributed by atoms with E-state index < -0.39 is 23.0 Å². The minimum Gasteiger partial charge on any atom is -0.435 e. The Labute approximate surface area is 103 Å². The van der Waals surface area contributed by atoms with E-state index >= 15 is 0 Å². The van der Waals surface area contributed by atoms with Crippen molar-refractivity contribution in [2.75, 3.05) is 0 Å². The summed E-state index contributed by atoms with van der Waals surface area (Å²) in [5, 5.41) is 10.7. The smallest absolute Gasteiger partial charge is 0.387 e. The van der Waals surface area contributed by atoms with E-state index in [2.05, 4.69) is 20.7 Å². The Morgan fingerprint density at radius 3 is 2.53 bits per heavy atom. The summed E-state index contributed by atoms with van der Waals surface area (Å²) in [4.78, 5) is 21.1. The number of hydrogen-bond donors (Lipinski definition) is 0. The van der Waals surface area contributed by atoms with Gasteiger partial charge in [-0.3, -0.25) is 14.9 Å². The molecule has 0 saturated carbocycles. The first kappa shape index (κ1) is 13.5. The quantitative estimate of drug-likeness (QED) is 0.486. The summed E-state index contributed by atoms with van der Waals surface area (Å²) in [5.41, 5.74) is -0.765. The second-order valence-electron chi connectivity index (χ2n) is 2.99. The summed E-state index contributed by atoms with van der Waals surface area (Å²) < 4.78 is 28.0. The van der Waals surface area contributed by atoms with Gasteiger partial charge in [0.15, 0.2) is 5.78 Å². The van der Waals surface area contributed by atoms with Crippen LogP contribution in [0.15, 0.2) is 16.6 Å². The molecule has 5 nitrogen and oxygen atoms in total. The second kappa shape index (κ2) is 5.17. The standard InChI is InChI=1S/C9H6BrF2NO4/c1-4(14)6-2-5(17-9(11)12)3-7(10)8(6)13(15)16/h2-3,9H,1H3. The molecule has 0 fully saturated rings. The number of carbonyl (C=O) groups excluding carboxylic acids is 1. The van der Waals surface area contributed by atoms with Gasteiger partial charge in [0.05, 0.1) is 15.0 Å². The lowest BCUT2D eigenvalue weighted by atomic mass is 10.1. The van der Waals surface area contributed by atoms with Crippen LogP contribution < -0.4 is 4.74 Å². The van der Waals surface area contributed by atoms with Crippen molar-refractivity contribution < 1.29 is 23.2 Å². The van der Waals surface area contributed by atoms with Gasteiger partial charge in [-0.15, -0.1) is 0 Å². The number of ether oxygens (including phenoxy) is 1. The van der Waals surface area contributed by atoms with Crippen molar-refractivity contribution >= 4 is 27.4 Å². The summed E-state index contributed by atoms with van der Waals surface area (Å²) in [5.74, 6) is -0.931.